The van der Waals surface area contributed by atoms with Crippen LogP contribution in [0.3, 0.4) is 0 Å². The largest absolute Gasteiger partial charge is 0.493 e. The van der Waals surface area contributed by atoms with Crippen LogP contribution in [0, 0.1) is 11.8 Å². The van der Waals surface area contributed by atoms with Gasteiger partial charge in [0.1, 0.15) is 10.7 Å². The Bertz CT molecular complexity index is 1430. The van der Waals surface area contributed by atoms with E-state index in [0.29, 0.717) is 38.9 Å². The number of fused-ring (bicyclic) bond motifs is 3. The highest BCUT2D eigenvalue weighted by Gasteiger charge is 2.54. The molecule has 39 heavy (non-hydrogen) atoms. The van der Waals surface area contributed by atoms with Gasteiger partial charge in [0.15, 0.2) is 23.0 Å². The number of aromatic nitrogens is 1. The van der Waals surface area contributed by atoms with Gasteiger partial charge in [-0.15, -0.1) is 0 Å². The first-order valence-corrected chi connectivity index (χ1v) is 12.9. The van der Waals surface area contributed by atoms with Gasteiger partial charge in [-0.2, -0.15) is 0 Å². The second-order valence-corrected chi connectivity index (χ2v) is 10.1. The molecule has 3 heterocycles. The monoisotopic (exact) mass is 597 g/mol. The smallest absolute Gasteiger partial charge is 0.340 e. The lowest BCUT2D eigenvalue weighted by molar-refractivity contribution is -0.141. The number of carbonyl (C=O) groups is 2. The minimum atomic E-state index is -0.777. The first-order chi connectivity index (χ1) is 18.9. The van der Waals surface area contributed by atoms with Crippen molar-refractivity contribution in [3.05, 3.63) is 69.5 Å². The molecule has 2 aromatic carbocycles. The zero-order valence-electron chi connectivity index (χ0n) is 21.3. The van der Waals surface area contributed by atoms with Gasteiger partial charge in [-0.05, 0) is 63.5 Å². The quantitative estimate of drug-likeness (QED) is 0.299. The Balaban J connectivity index is 1.51. The van der Waals surface area contributed by atoms with Gasteiger partial charge in [0.05, 0.1) is 39.4 Å². The highest BCUT2D eigenvalue weighted by atomic mass is 79.9. The molecular weight excluding hydrogens is 574 g/mol. The Morgan fingerprint density at radius 1 is 0.949 bits per heavy atom. The summed E-state index contributed by atoms with van der Waals surface area (Å²) >= 11 is 3.28. The van der Waals surface area contributed by atoms with E-state index in [9.17, 15) is 9.59 Å². The second-order valence-electron chi connectivity index (χ2n) is 9.29. The fourth-order valence-electron chi connectivity index (χ4n) is 5.62. The SMILES string of the molecule is COc1cc([C@@H]2c3cc4c(cc3[C@H](OC(=O)c3ccc(Br)nc3)[C@H]3COC(=O)[C@H]23)OCO4)cc(OC)c1OC. The molecule has 0 bridgehead atoms. The molecule has 1 aromatic heterocycles. The van der Waals surface area contributed by atoms with Crippen molar-refractivity contribution >= 4 is 27.9 Å². The van der Waals surface area contributed by atoms with E-state index in [0.717, 1.165) is 11.1 Å². The second kappa shape index (κ2) is 9.96. The summed E-state index contributed by atoms with van der Waals surface area (Å²) in [5, 5.41) is 0. The van der Waals surface area contributed by atoms with E-state index in [4.69, 9.17) is 33.2 Å². The zero-order valence-corrected chi connectivity index (χ0v) is 22.9. The first kappa shape index (κ1) is 25.3. The van der Waals surface area contributed by atoms with E-state index < -0.39 is 29.8 Å². The summed E-state index contributed by atoms with van der Waals surface area (Å²) in [7, 11) is 4.60. The Hall–Kier alpha value is -3.99. The molecule has 3 aromatic rings. The standard InChI is InChI=1S/C28H24BrNO9/c1-33-20-6-14(7-21(34-2)26(20)35-3)23-15-8-18-19(38-12-37-18)9-16(15)25(17-11-36-28(32)24(17)23)39-27(31)13-4-5-22(29)30-10-13/h4-10,17,23-25H,11-12H2,1-3H3/t17-,23+,24-,25-/m0/s1. The predicted octanol–water partition coefficient (Wildman–Crippen LogP) is 4.43. The van der Waals surface area contributed by atoms with Gasteiger partial charge in [-0.1, -0.05) is 0 Å². The number of nitrogens with zero attached hydrogens (tertiary/aromatic N) is 1. The summed E-state index contributed by atoms with van der Waals surface area (Å²) in [5.41, 5.74) is 2.49. The summed E-state index contributed by atoms with van der Waals surface area (Å²) in [4.78, 5) is 30.6. The number of benzene rings is 2. The number of ether oxygens (including phenoxy) is 7. The predicted molar refractivity (Wildman–Crippen MR) is 139 cm³/mol. The molecule has 0 amide bonds. The highest BCUT2D eigenvalue weighted by Crippen LogP contribution is 2.56. The van der Waals surface area contributed by atoms with Gasteiger partial charge in [0.2, 0.25) is 12.5 Å². The molecule has 0 spiro atoms. The molecule has 4 atom stereocenters. The van der Waals surface area contributed by atoms with Gasteiger partial charge in [0, 0.05) is 23.6 Å². The number of halogens is 1. The molecule has 0 unspecified atom stereocenters. The van der Waals surface area contributed by atoms with Crippen LogP contribution in [-0.4, -0.2) is 51.7 Å². The fraction of sp³-hybridized carbons (Fsp3) is 0.321. The lowest BCUT2D eigenvalue weighted by Crippen LogP contribution is -2.36. The number of pyridine rings is 1. The first-order valence-electron chi connectivity index (χ1n) is 12.2. The maximum Gasteiger partial charge on any atom is 0.340 e. The number of hydrogen-bond donors (Lipinski definition) is 0. The van der Waals surface area contributed by atoms with Crippen LogP contribution in [0.4, 0.5) is 0 Å². The molecule has 202 valence electrons. The summed E-state index contributed by atoms with van der Waals surface area (Å²) in [6, 6.07) is 10.6. The van der Waals surface area contributed by atoms with Crippen molar-refractivity contribution in [3.63, 3.8) is 0 Å². The Morgan fingerprint density at radius 2 is 1.64 bits per heavy atom. The lowest BCUT2D eigenvalue weighted by Gasteiger charge is -2.38. The normalized spacial score (nSPS) is 22.4. The topological polar surface area (TPSA) is 112 Å². The summed E-state index contributed by atoms with van der Waals surface area (Å²) < 4.78 is 40.3. The summed E-state index contributed by atoms with van der Waals surface area (Å²) in [6.07, 6.45) is 0.655. The number of rotatable bonds is 6. The summed E-state index contributed by atoms with van der Waals surface area (Å²) in [5.74, 6) is -0.115. The van der Waals surface area contributed by atoms with Crippen LogP contribution in [0.25, 0.3) is 0 Å². The molecule has 2 aliphatic heterocycles. The number of esters is 2. The van der Waals surface area contributed by atoms with Gasteiger partial charge in [0.25, 0.3) is 0 Å². The van der Waals surface area contributed by atoms with Crippen LogP contribution >= 0.6 is 15.9 Å². The molecule has 10 nitrogen and oxygen atoms in total. The third-order valence-corrected chi connectivity index (χ3v) is 7.83. The van der Waals surface area contributed by atoms with Crippen LogP contribution in [0.5, 0.6) is 28.7 Å². The van der Waals surface area contributed by atoms with Gasteiger partial charge in [-0.3, -0.25) is 4.79 Å². The van der Waals surface area contributed by atoms with Gasteiger partial charge < -0.3 is 33.2 Å². The van der Waals surface area contributed by atoms with E-state index in [-0.39, 0.29) is 24.9 Å². The van der Waals surface area contributed by atoms with Crippen molar-refractivity contribution in [3.8, 4) is 28.7 Å². The molecule has 1 saturated heterocycles. The molecule has 0 saturated carbocycles. The molecular formula is C28H24BrNO9. The third kappa shape index (κ3) is 4.21. The van der Waals surface area contributed by atoms with Crippen LogP contribution in [-0.2, 0) is 14.3 Å². The molecule has 3 aliphatic rings. The summed E-state index contributed by atoms with van der Waals surface area (Å²) in [6.45, 7) is 0.159. The minimum Gasteiger partial charge on any atom is -0.493 e. The van der Waals surface area contributed by atoms with E-state index in [1.54, 1.807) is 12.1 Å². The van der Waals surface area contributed by atoms with Crippen LogP contribution in [0.15, 0.2) is 47.2 Å². The van der Waals surface area contributed by atoms with Crippen molar-refractivity contribution < 1.29 is 42.7 Å². The molecule has 11 heteroatoms. The Labute approximate surface area is 232 Å². The van der Waals surface area contributed by atoms with Crippen LogP contribution in [0.2, 0.25) is 0 Å². The van der Waals surface area contributed by atoms with Crippen molar-refractivity contribution in [2.24, 2.45) is 11.8 Å². The maximum atomic E-state index is 13.3. The fourth-order valence-corrected chi connectivity index (χ4v) is 5.86. The number of hydrogen-bond acceptors (Lipinski definition) is 10. The highest BCUT2D eigenvalue weighted by molar-refractivity contribution is 9.10. The van der Waals surface area contributed by atoms with Crippen molar-refractivity contribution in [1.29, 1.82) is 0 Å². The molecule has 0 radical (unpaired) electrons. The molecule has 6 rings (SSSR count). The third-order valence-electron chi connectivity index (χ3n) is 7.36. The Kier molecular flexibility index (Phi) is 6.46. The minimum absolute atomic E-state index is 0.0665. The number of cyclic esters (lactones) is 1. The van der Waals surface area contributed by atoms with Gasteiger partial charge >= 0.3 is 11.9 Å². The van der Waals surface area contributed by atoms with Crippen molar-refractivity contribution in [2.45, 2.75) is 12.0 Å². The average molecular weight is 598 g/mol. The average Bonchev–Trinajstić information content (AvgIpc) is 3.57. The van der Waals surface area contributed by atoms with Gasteiger partial charge in [-0.25, -0.2) is 9.78 Å². The molecule has 0 N–H and O–H groups in total. The van der Waals surface area contributed by atoms with E-state index in [2.05, 4.69) is 20.9 Å². The van der Waals surface area contributed by atoms with Crippen LogP contribution in [0.1, 0.15) is 39.1 Å². The number of methoxy groups -OCH3 is 3. The number of carbonyl (C=O) groups excluding carboxylic acids is 2. The molecule has 1 fully saturated rings. The van der Waals surface area contributed by atoms with E-state index in [1.165, 1.54) is 27.5 Å². The Morgan fingerprint density at radius 3 is 2.26 bits per heavy atom. The zero-order chi connectivity index (χ0) is 27.3. The van der Waals surface area contributed by atoms with E-state index >= 15 is 0 Å². The lowest BCUT2D eigenvalue weighted by atomic mass is 9.66. The molecule has 1 aliphatic carbocycles. The van der Waals surface area contributed by atoms with E-state index in [1.807, 2.05) is 24.3 Å². The van der Waals surface area contributed by atoms with Crippen molar-refractivity contribution in [1.82, 2.24) is 4.98 Å². The van der Waals surface area contributed by atoms with Crippen LogP contribution < -0.4 is 23.7 Å². The maximum absolute atomic E-state index is 13.3. The van der Waals surface area contributed by atoms with Crippen molar-refractivity contribution in [2.75, 3.05) is 34.7 Å².